The van der Waals surface area contributed by atoms with Crippen molar-refractivity contribution in [1.82, 2.24) is 10.2 Å². The molecule has 0 saturated heterocycles. The smallest absolute Gasteiger partial charge is 0.407 e. The minimum Gasteiger partial charge on any atom is -0.449 e. The van der Waals surface area contributed by atoms with Crippen molar-refractivity contribution in [2.24, 2.45) is 0 Å². The van der Waals surface area contributed by atoms with E-state index in [4.69, 9.17) is 4.74 Å². The quantitative estimate of drug-likeness (QED) is 0.436. The van der Waals surface area contributed by atoms with E-state index in [0.717, 1.165) is 11.1 Å². The van der Waals surface area contributed by atoms with Gasteiger partial charge in [-0.05, 0) is 39.8 Å². The van der Waals surface area contributed by atoms with E-state index in [9.17, 15) is 14.4 Å². The summed E-state index contributed by atoms with van der Waals surface area (Å²) in [5, 5.41) is 2.82. The first-order valence-corrected chi connectivity index (χ1v) is 11.9. The molecule has 180 valence electrons. The Kier molecular flexibility index (Phi) is 7.60. The van der Waals surface area contributed by atoms with Crippen LogP contribution < -0.4 is 5.32 Å². The molecule has 2 amide bonds. The third-order valence-corrected chi connectivity index (χ3v) is 6.61. The summed E-state index contributed by atoms with van der Waals surface area (Å²) in [6.07, 6.45) is 1.06. The SMILES string of the molecule is CCC(=O)C(Cc1ccc(CNC(=O)OCC2c3ccccc3-c3ccccc32)cc1)N(C)C=O. The van der Waals surface area contributed by atoms with Gasteiger partial charge in [0.2, 0.25) is 6.41 Å². The van der Waals surface area contributed by atoms with Gasteiger partial charge in [0.15, 0.2) is 5.78 Å². The fourth-order valence-corrected chi connectivity index (χ4v) is 4.63. The second kappa shape index (κ2) is 11.0. The largest absolute Gasteiger partial charge is 0.449 e. The monoisotopic (exact) mass is 470 g/mol. The topological polar surface area (TPSA) is 75.7 Å². The number of nitrogens with one attached hydrogen (secondary N) is 1. The van der Waals surface area contributed by atoms with E-state index in [1.54, 1.807) is 14.0 Å². The van der Waals surface area contributed by atoms with E-state index >= 15 is 0 Å². The Morgan fingerprint density at radius 2 is 1.51 bits per heavy atom. The molecule has 1 aliphatic rings. The van der Waals surface area contributed by atoms with Crippen LogP contribution in [-0.4, -0.2) is 42.9 Å². The van der Waals surface area contributed by atoms with E-state index in [1.165, 1.54) is 27.2 Å². The number of benzene rings is 3. The molecule has 3 aromatic carbocycles. The van der Waals surface area contributed by atoms with E-state index in [1.807, 2.05) is 48.5 Å². The third kappa shape index (κ3) is 5.43. The maximum atomic E-state index is 12.4. The van der Waals surface area contributed by atoms with Crippen LogP contribution in [0.15, 0.2) is 72.8 Å². The highest BCUT2D eigenvalue weighted by Crippen LogP contribution is 2.44. The van der Waals surface area contributed by atoms with Crippen molar-refractivity contribution in [3.05, 3.63) is 95.1 Å². The Labute approximate surface area is 205 Å². The maximum absolute atomic E-state index is 12.4. The molecule has 35 heavy (non-hydrogen) atoms. The number of Topliss-reactive ketones (excluding diaryl/α,β-unsaturated/α-hetero) is 1. The zero-order valence-electron chi connectivity index (χ0n) is 20.1. The van der Waals surface area contributed by atoms with Crippen molar-refractivity contribution < 1.29 is 19.1 Å². The van der Waals surface area contributed by atoms with Gasteiger partial charge in [0.05, 0.1) is 6.04 Å². The Bertz CT molecular complexity index is 1160. The summed E-state index contributed by atoms with van der Waals surface area (Å²) in [6, 6.07) is 23.7. The molecule has 0 heterocycles. The van der Waals surface area contributed by atoms with Crippen LogP contribution in [0.2, 0.25) is 0 Å². The summed E-state index contributed by atoms with van der Waals surface area (Å²) in [4.78, 5) is 37.2. The van der Waals surface area contributed by atoms with Gasteiger partial charge in [-0.2, -0.15) is 0 Å². The van der Waals surface area contributed by atoms with Crippen LogP contribution in [0, 0.1) is 0 Å². The predicted octanol–water partition coefficient (Wildman–Crippen LogP) is 4.70. The summed E-state index contributed by atoms with van der Waals surface area (Å²) in [5.41, 5.74) is 6.62. The molecule has 4 rings (SSSR count). The molecule has 0 aromatic heterocycles. The molecule has 0 spiro atoms. The Morgan fingerprint density at radius 1 is 0.943 bits per heavy atom. The van der Waals surface area contributed by atoms with Crippen molar-refractivity contribution in [1.29, 1.82) is 0 Å². The first-order valence-electron chi connectivity index (χ1n) is 11.9. The first kappa shape index (κ1) is 24.2. The minimum atomic E-state index is -0.470. The van der Waals surface area contributed by atoms with Gasteiger partial charge in [0.25, 0.3) is 0 Å². The number of rotatable bonds is 10. The molecule has 0 fully saturated rings. The van der Waals surface area contributed by atoms with Crippen LogP contribution in [0.1, 0.15) is 41.5 Å². The lowest BCUT2D eigenvalue weighted by Gasteiger charge is -2.23. The Morgan fingerprint density at radius 3 is 2.09 bits per heavy atom. The van der Waals surface area contributed by atoms with Crippen molar-refractivity contribution >= 4 is 18.3 Å². The molecule has 0 bridgehead atoms. The average Bonchev–Trinajstić information content (AvgIpc) is 3.22. The average molecular weight is 471 g/mol. The number of hydrogen-bond donors (Lipinski definition) is 1. The highest BCUT2D eigenvalue weighted by atomic mass is 16.5. The summed E-state index contributed by atoms with van der Waals surface area (Å²) < 4.78 is 5.59. The standard InChI is InChI=1S/C29H30N2O4/c1-3-28(33)27(31(2)19-32)16-20-12-14-21(15-13-20)17-30-29(34)35-18-26-24-10-6-4-8-22(24)23-9-5-7-11-25(23)26/h4-15,19,26-27H,3,16-18H2,1-2H3,(H,30,34). The van der Waals surface area contributed by atoms with Gasteiger partial charge in [0, 0.05) is 25.9 Å². The second-order valence-electron chi connectivity index (χ2n) is 8.81. The van der Waals surface area contributed by atoms with Gasteiger partial charge in [0.1, 0.15) is 6.61 Å². The van der Waals surface area contributed by atoms with Gasteiger partial charge in [-0.15, -0.1) is 0 Å². The van der Waals surface area contributed by atoms with E-state index < -0.39 is 12.1 Å². The molecule has 6 nitrogen and oxygen atoms in total. The predicted molar refractivity (Wildman–Crippen MR) is 135 cm³/mol. The van der Waals surface area contributed by atoms with Crippen LogP contribution in [0.5, 0.6) is 0 Å². The number of amides is 2. The fraction of sp³-hybridized carbons (Fsp3) is 0.276. The maximum Gasteiger partial charge on any atom is 0.407 e. The van der Waals surface area contributed by atoms with E-state index in [-0.39, 0.29) is 18.3 Å². The normalized spacial score (nSPS) is 12.9. The van der Waals surface area contributed by atoms with E-state index in [0.29, 0.717) is 25.8 Å². The molecule has 0 radical (unpaired) electrons. The molecular weight excluding hydrogens is 440 g/mol. The van der Waals surface area contributed by atoms with Gasteiger partial charge in [-0.25, -0.2) is 4.79 Å². The lowest BCUT2D eigenvalue weighted by atomic mass is 9.98. The molecule has 0 aliphatic heterocycles. The summed E-state index contributed by atoms with van der Waals surface area (Å²) >= 11 is 0. The van der Waals surface area contributed by atoms with Crippen molar-refractivity contribution in [2.45, 2.75) is 38.3 Å². The molecule has 0 saturated carbocycles. The number of hydrogen-bond acceptors (Lipinski definition) is 4. The molecule has 1 atom stereocenters. The van der Waals surface area contributed by atoms with Crippen molar-refractivity contribution in [3.63, 3.8) is 0 Å². The number of ketones is 1. The summed E-state index contributed by atoms with van der Waals surface area (Å²) in [6.45, 7) is 2.41. The molecule has 1 N–H and O–H groups in total. The van der Waals surface area contributed by atoms with E-state index in [2.05, 4.69) is 29.6 Å². The third-order valence-electron chi connectivity index (χ3n) is 6.61. The minimum absolute atomic E-state index is 0.0238. The summed E-state index contributed by atoms with van der Waals surface area (Å²) in [7, 11) is 1.62. The van der Waals surface area contributed by atoms with Gasteiger partial charge < -0.3 is 15.0 Å². The van der Waals surface area contributed by atoms with Crippen LogP contribution in [0.4, 0.5) is 4.79 Å². The molecule has 1 unspecified atom stereocenters. The highest BCUT2D eigenvalue weighted by Gasteiger charge is 2.29. The number of carbonyl (C=O) groups is 3. The highest BCUT2D eigenvalue weighted by molar-refractivity contribution is 5.85. The molecular formula is C29H30N2O4. The zero-order chi connectivity index (χ0) is 24.8. The van der Waals surface area contributed by atoms with Crippen LogP contribution in [0.3, 0.4) is 0 Å². The molecule has 1 aliphatic carbocycles. The number of likely N-dealkylation sites (N-methyl/N-ethyl adjacent to an activating group) is 1. The Balaban J connectivity index is 1.31. The molecule has 3 aromatic rings. The van der Waals surface area contributed by atoms with Gasteiger partial charge >= 0.3 is 6.09 Å². The summed E-state index contributed by atoms with van der Waals surface area (Å²) in [5.74, 6) is 0.0521. The zero-order valence-corrected chi connectivity index (χ0v) is 20.1. The fourth-order valence-electron chi connectivity index (χ4n) is 4.63. The Hall–Kier alpha value is -3.93. The number of carbonyl (C=O) groups excluding carboxylic acids is 3. The number of fused-ring (bicyclic) bond motifs is 3. The number of nitrogens with zero attached hydrogens (tertiary/aromatic N) is 1. The van der Waals surface area contributed by atoms with Crippen molar-refractivity contribution in [3.8, 4) is 11.1 Å². The van der Waals surface area contributed by atoms with Crippen molar-refractivity contribution in [2.75, 3.05) is 13.7 Å². The van der Waals surface area contributed by atoms with Crippen LogP contribution in [0.25, 0.3) is 11.1 Å². The van der Waals surface area contributed by atoms with Crippen LogP contribution >= 0.6 is 0 Å². The molecule has 6 heteroatoms. The lowest BCUT2D eigenvalue weighted by Crippen LogP contribution is -2.39. The number of ether oxygens (including phenoxy) is 1. The lowest BCUT2D eigenvalue weighted by molar-refractivity contribution is -0.130. The number of alkyl carbamates (subject to hydrolysis) is 1. The van der Waals surface area contributed by atoms with Gasteiger partial charge in [-0.1, -0.05) is 79.7 Å². The van der Waals surface area contributed by atoms with Crippen LogP contribution in [-0.2, 0) is 27.3 Å². The van der Waals surface area contributed by atoms with Gasteiger partial charge in [-0.3, -0.25) is 9.59 Å². The second-order valence-corrected chi connectivity index (χ2v) is 8.81. The first-order chi connectivity index (χ1) is 17.0.